The lowest BCUT2D eigenvalue weighted by molar-refractivity contribution is 0.343. The minimum atomic E-state index is -2.44. The molecule has 0 unspecified atom stereocenters. The third-order valence-electron chi connectivity index (χ3n) is 4.49. The van der Waals surface area contributed by atoms with Crippen LogP contribution in [0.1, 0.15) is 16.7 Å². The van der Waals surface area contributed by atoms with Crippen molar-refractivity contribution in [2.45, 2.75) is 5.54 Å². The van der Waals surface area contributed by atoms with Crippen molar-refractivity contribution >= 4 is 8.53 Å². The van der Waals surface area contributed by atoms with Gasteiger partial charge in [-0.2, -0.15) is 0 Å². The zero-order valence-corrected chi connectivity index (χ0v) is 16.1. The molecule has 0 aliphatic carbocycles. The molecule has 6 heteroatoms. The summed E-state index contributed by atoms with van der Waals surface area (Å²) in [5, 5.41) is 3.01. The van der Waals surface area contributed by atoms with E-state index in [-0.39, 0.29) is 0 Å². The monoisotopic (exact) mass is 383 g/mol. The van der Waals surface area contributed by atoms with Crippen LogP contribution in [0.3, 0.4) is 0 Å². The van der Waals surface area contributed by atoms with Gasteiger partial charge in [0.2, 0.25) is 0 Å². The Balaban J connectivity index is 2.41. The van der Waals surface area contributed by atoms with E-state index in [1.165, 1.54) is 0 Å². The number of benzene rings is 3. The van der Waals surface area contributed by atoms with Crippen LogP contribution >= 0.6 is 8.53 Å². The Kier molecular flexibility index (Phi) is 6.09. The van der Waals surface area contributed by atoms with Gasteiger partial charge in [-0.3, -0.25) is 0 Å². The summed E-state index contributed by atoms with van der Waals surface area (Å²) in [6.45, 7) is 0. The first-order valence-electron chi connectivity index (χ1n) is 8.41. The normalized spacial score (nSPS) is 11.4. The molecule has 3 aromatic carbocycles. The molecule has 27 heavy (non-hydrogen) atoms. The zero-order valence-electron chi connectivity index (χ0n) is 15.2. The average Bonchev–Trinajstić information content (AvgIpc) is 2.72. The fraction of sp³-hybridized carbons (Fsp3) is 0.143. The van der Waals surface area contributed by atoms with E-state index in [2.05, 4.69) is 5.09 Å². The van der Waals surface area contributed by atoms with Crippen LogP contribution in [-0.2, 0) is 5.54 Å². The first-order valence-corrected chi connectivity index (χ1v) is 9.66. The van der Waals surface area contributed by atoms with Gasteiger partial charge in [-0.15, -0.1) is 0 Å². The number of rotatable bonds is 7. The first-order chi connectivity index (χ1) is 13.1. The van der Waals surface area contributed by atoms with Crippen LogP contribution in [0, 0.1) is 0 Å². The van der Waals surface area contributed by atoms with Crippen molar-refractivity contribution in [2.75, 3.05) is 14.2 Å². The smallest absolute Gasteiger partial charge is 0.251 e. The Morgan fingerprint density at radius 3 is 1.74 bits per heavy atom. The van der Waals surface area contributed by atoms with Crippen molar-refractivity contribution in [1.82, 2.24) is 5.09 Å². The van der Waals surface area contributed by atoms with Crippen LogP contribution in [0.4, 0.5) is 0 Å². The fourth-order valence-electron chi connectivity index (χ4n) is 3.38. The number of nitrogens with one attached hydrogen (secondary N) is 1. The Bertz CT molecular complexity index is 832. The third kappa shape index (κ3) is 3.68. The quantitative estimate of drug-likeness (QED) is 0.428. The maximum atomic E-state index is 10.00. The Morgan fingerprint density at radius 1 is 0.741 bits per heavy atom. The van der Waals surface area contributed by atoms with Crippen LogP contribution < -0.4 is 14.6 Å². The van der Waals surface area contributed by atoms with Crippen LogP contribution in [0.5, 0.6) is 11.5 Å². The van der Waals surface area contributed by atoms with Crippen LogP contribution in [0.2, 0.25) is 0 Å². The topological polar surface area (TPSA) is 71.0 Å². The molecule has 3 rings (SSSR count). The lowest BCUT2D eigenvalue weighted by atomic mass is 9.77. The van der Waals surface area contributed by atoms with Crippen molar-refractivity contribution in [3.05, 3.63) is 95.6 Å². The largest absolute Gasteiger partial charge is 0.493 e. The summed E-state index contributed by atoms with van der Waals surface area (Å²) in [7, 11) is 0.711. The number of hydrogen-bond acceptors (Lipinski definition) is 5. The second-order valence-corrected chi connectivity index (χ2v) is 6.73. The predicted octanol–water partition coefficient (Wildman–Crippen LogP) is 3.80. The molecule has 0 saturated heterocycles. The highest BCUT2D eigenvalue weighted by atomic mass is 31.2. The minimum Gasteiger partial charge on any atom is -0.493 e. The van der Waals surface area contributed by atoms with E-state index in [1.54, 1.807) is 14.2 Å². The van der Waals surface area contributed by atoms with Gasteiger partial charge in [0.05, 0.1) is 14.2 Å². The molecule has 0 bridgehead atoms. The highest BCUT2D eigenvalue weighted by molar-refractivity contribution is 7.42. The highest BCUT2D eigenvalue weighted by Crippen LogP contribution is 2.47. The molecule has 0 aromatic heterocycles. The van der Waals surface area contributed by atoms with Gasteiger partial charge >= 0.3 is 0 Å². The number of methoxy groups -OCH3 is 2. The molecular formula is C21H22NO4P. The standard InChI is InChI=1S/C21H22NO4P/c1-25-19-15-9-14-18(20(19)26-2)21(22-27(23)24,16-10-5-3-6-11-16)17-12-7-4-8-13-17/h3-15,22-24H,1-2H3. The molecule has 0 atom stereocenters. The van der Waals surface area contributed by atoms with Gasteiger partial charge in [0.15, 0.2) is 11.5 Å². The predicted molar refractivity (Wildman–Crippen MR) is 107 cm³/mol. The van der Waals surface area contributed by atoms with Crippen molar-refractivity contribution in [1.29, 1.82) is 0 Å². The summed E-state index contributed by atoms with van der Waals surface area (Å²) in [5.74, 6) is 1.09. The molecule has 0 radical (unpaired) electrons. The second kappa shape index (κ2) is 8.51. The van der Waals surface area contributed by atoms with Gasteiger partial charge in [0, 0.05) is 5.56 Å². The number of ether oxygens (including phenoxy) is 2. The van der Waals surface area contributed by atoms with Crippen LogP contribution in [0.25, 0.3) is 0 Å². The summed E-state index contributed by atoms with van der Waals surface area (Å²) in [4.78, 5) is 20.0. The Morgan fingerprint density at radius 2 is 1.30 bits per heavy atom. The van der Waals surface area contributed by atoms with E-state index in [4.69, 9.17) is 9.47 Å². The van der Waals surface area contributed by atoms with Gasteiger partial charge in [0.25, 0.3) is 8.53 Å². The van der Waals surface area contributed by atoms with E-state index in [0.717, 1.165) is 16.7 Å². The number of hydrogen-bond donors (Lipinski definition) is 3. The molecule has 0 aliphatic rings. The molecule has 3 aromatic rings. The van der Waals surface area contributed by atoms with Crippen LogP contribution in [0.15, 0.2) is 78.9 Å². The van der Waals surface area contributed by atoms with E-state index in [9.17, 15) is 9.79 Å². The van der Waals surface area contributed by atoms with Crippen molar-refractivity contribution in [2.24, 2.45) is 0 Å². The van der Waals surface area contributed by atoms with E-state index < -0.39 is 14.1 Å². The SMILES string of the molecule is COc1cccc(C(NP(O)O)(c2ccccc2)c2ccccc2)c1OC. The molecule has 5 nitrogen and oxygen atoms in total. The lowest BCUT2D eigenvalue weighted by Gasteiger charge is -2.38. The summed E-state index contributed by atoms with van der Waals surface area (Å²) in [5.41, 5.74) is 1.37. The van der Waals surface area contributed by atoms with E-state index >= 15 is 0 Å². The first kappa shape index (κ1) is 19.3. The molecule has 140 valence electrons. The molecule has 0 aliphatic heterocycles. The number of para-hydroxylation sites is 1. The van der Waals surface area contributed by atoms with E-state index in [1.807, 2.05) is 78.9 Å². The van der Waals surface area contributed by atoms with Crippen molar-refractivity contribution in [3.63, 3.8) is 0 Å². The summed E-state index contributed by atoms with van der Waals surface area (Å²) in [6.07, 6.45) is 0. The van der Waals surface area contributed by atoms with Gasteiger partial charge in [-0.1, -0.05) is 72.8 Å². The second-order valence-electron chi connectivity index (χ2n) is 5.92. The molecular weight excluding hydrogens is 361 g/mol. The van der Waals surface area contributed by atoms with Crippen molar-refractivity contribution in [3.8, 4) is 11.5 Å². The Hall–Kier alpha value is -2.43. The summed E-state index contributed by atoms with van der Waals surface area (Å²) < 4.78 is 11.2. The molecule has 0 amide bonds. The zero-order chi connectivity index (χ0) is 19.3. The van der Waals surface area contributed by atoms with E-state index in [0.29, 0.717) is 11.5 Å². The van der Waals surface area contributed by atoms with Gasteiger partial charge in [-0.25, -0.2) is 5.09 Å². The molecule has 0 spiro atoms. The van der Waals surface area contributed by atoms with Gasteiger partial charge in [0.1, 0.15) is 5.54 Å². The maximum absolute atomic E-state index is 10.00. The summed E-state index contributed by atoms with van der Waals surface area (Å²) >= 11 is 0. The minimum absolute atomic E-state index is 0.525. The Labute approximate surface area is 160 Å². The van der Waals surface area contributed by atoms with Gasteiger partial charge < -0.3 is 19.3 Å². The van der Waals surface area contributed by atoms with Crippen molar-refractivity contribution < 1.29 is 19.3 Å². The highest BCUT2D eigenvalue weighted by Gasteiger charge is 2.41. The molecule has 0 heterocycles. The molecule has 0 saturated carbocycles. The lowest BCUT2D eigenvalue weighted by Crippen LogP contribution is -2.42. The summed E-state index contributed by atoms with van der Waals surface area (Å²) in [6, 6.07) is 24.8. The molecule has 3 N–H and O–H groups in total. The fourth-order valence-corrected chi connectivity index (χ4v) is 4.05. The van der Waals surface area contributed by atoms with Crippen LogP contribution in [-0.4, -0.2) is 24.0 Å². The molecule has 0 fully saturated rings. The third-order valence-corrected chi connectivity index (χ3v) is 5.02. The van der Waals surface area contributed by atoms with Gasteiger partial charge in [-0.05, 0) is 17.2 Å². The maximum Gasteiger partial charge on any atom is 0.251 e. The average molecular weight is 383 g/mol.